The van der Waals surface area contributed by atoms with Gasteiger partial charge in [-0.15, -0.1) is 5.16 Å². The first kappa shape index (κ1) is 15.0. The lowest BCUT2D eigenvalue weighted by Gasteiger charge is -2.25. The SMILES string of the molecule is CC(C)CC(C=NO)C(OC(N)=O)c1ccccc1. The lowest BCUT2D eigenvalue weighted by Crippen LogP contribution is -2.25. The van der Waals surface area contributed by atoms with Gasteiger partial charge in [-0.05, 0) is 17.9 Å². The lowest BCUT2D eigenvalue weighted by molar-refractivity contribution is 0.0809. The van der Waals surface area contributed by atoms with Crippen molar-refractivity contribution in [3.63, 3.8) is 0 Å². The van der Waals surface area contributed by atoms with Crippen LogP contribution in [0.15, 0.2) is 35.5 Å². The van der Waals surface area contributed by atoms with Gasteiger partial charge < -0.3 is 15.7 Å². The van der Waals surface area contributed by atoms with Gasteiger partial charge in [0.05, 0.1) is 6.21 Å². The van der Waals surface area contributed by atoms with Gasteiger partial charge in [-0.2, -0.15) is 0 Å². The van der Waals surface area contributed by atoms with Gasteiger partial charge >= 0.3 is 6.09 Å². The van der Waals surface area contributed by atoms with Crippen molar-refractivity contribution in [1.82, 2.24) is 0 Å². The molecule has 1 aromatic rings. The summed E-state index contributed by atoms with van der Waals surface area (Å²) in [6.07, 6.45) is 0.725. The maximum Gasteiger partial charge on any atom is 0.405 e. The molecular weight excluding hydrogens is 244 g/mol. The van der Waals surface area contributed by atoms with Crippen LogP contribution < -0.4 is 5.73 Å². The zero-order valence-electron chi connectivity index (χ0n) is 11.2. The predicted octanol–water partition coefficient (Wildman–Crippen LogP) is 2.95. The molecule has 0 fully saturated rings. The Bertz CT molecular complexity index is 418. The second-order valence-corrected chi connectivity index (χ2v) is 4.83. The van der Waals surface area contributed by atoms with E-state index in [1.54, 1.807) is 0 Å². The standard InChI is InChI=1S/C14H20N2O3/c1-10(2)8-12(9-16-18)13(19-14(15)17)11-6-4-3-5-7-11/h3-7,9-10,12-13,18H,8H2,1-2H3,(H2,15,17). The average molecular weight is 264 g/mol. The summed E-state index contributed by atoms with van der Waals surface area (Å²) in [7, 11) is 0. The van der Waals surface area contributed by atoms with Crippen LogP contribution in [0.25, 0.3) is 0 Å². The van der Waals surface area contributed by atoms with Crippen molar-refractivity contribution in [2.75, 3.05) is 0 Å². The van der Waals surface area contributed by atoms with Crippen LogP contribution in [0.3, 0.4) is 0 Å². The van der Waals surface area contributed by atoms with Gasteiger partial charge in [-0.25, -0.2) is 4.79 Å². The first-order valence-corrected chi connectivity index (χ1v) is 6.23. The van der Waals surface area contributed by atoms with Crippen molar-refractivity contribution in [2.45, 2.75) is 26.4 Å². The molecular formula is C14H20N2O3. The van der Waals surface area contributed by atoms with Crippen molar-refractivity contribution >= 4 is 12.3 Å². The second kappa shape index (κ2) is 7.41. The molecule has 0 spiro atoms. The Morgan fingerprint density at radius 1 is 1.42 bits per heavy atom. The number of oxime groups is 1. The molecule has 19 heavy (non-hydrogen) atoms. The van der Waals surface area contributed by atoms with Gasteiger partial charge in [0.1, 0.15) is 6.10 Å². The van der Waals surface area contributed by atoms with E-state index in [9.17, 15) is 4.79 Å². The quantitative estimate of drug-likeness (QED) is 0.470. The summed E-state index contributed by atoms with van der Waals surface area (Å²) in [6.45, 7) is 4.09. The predicted molar refractivity (Wildman–Crippen MR) is 73.1 cm³/mol. The third kappa shape index (κ3) is 4.99. The summed E-state index contributed by atoms with van der Waals surface area (Å²) >= 11 is 0. The summed E-state index contributed by atoms with van der Waals surface area (Å²) in [5.41, 5.74) is 5.95. The minimum absolute atomic E-state index is 0.222. The smallest absolute Gasteiger partial charge is 0.405 e. The zero-order chi connectivity index (χ0) is 14.3. The van der Waals surface area contributed by atoms with Crippen LogP contribution in [0.5, 0.6) is 0 Å². The normalized spacial score (nSPS) is 14.5. The Balaban J connectivity index is 3.02. The molecule has 0 saturated heterocycles. The third-order valence-electron chi connectivity index (χ3n) is 2.76. The number of carbonyl (C=O) groups excluding carboxylic acids is 1. The number of ether oxygens (including phenoxy) is 1. The van der Waals surface area contributed by atoms with E-state index in [1.165, 1.54) is 6.21 Å². The summed E-state index contributed by atoms with van der Waals surface area (Å²) in [5, 5.41) is 11.9. The highest BCUT2D eigenvalue weighted by atomic mass is 16.6. The van der Waals surface area contributed by atoms with E-state index in [1.807, 2.05) is 44.2 Å². The molecule has 104 valence electrons. The van der Waals surface area contributed by atoms with Crippen LogP contribution in [0.4, 0.5) is 4.79 Å². The van der Waals surface area contributed by atoms with Gasteiger partial charge in [-0.1, -0.05) is 44.2 Å². The Kier molecular flexibility index (Phi) is 5.85. The third-order valence-corrected chi connectivity index (χ3v) is 2.76. The van der Waals surface area contributed by atoms with Crippen molar-refractivity contribution in [3.8, 4) is 0 Å². The van der Waals surface area contributed by atoms with E-state index in [4.69, 9.17) is 15.7 Å². The molecule has 3 N–H and O–H groups in total. The van der Waals surface area contributed by atoms with E-state index < -0.39 is 12.2 Å². The molecule has 0 bridgehead atoms. The van der Waals surface area contributed by atoms with Gasteiger partial charge in [-0.3, -0.25) is 0 Å². The highest BCUT2D eigenvalue weighted by Gasteiger charge is 2.26. The molecule has 0 aliphatic rings. The number of primary amides is 1. The lowest BCUT2D eigenvalue weighted by atomic mass is 9.89. The van der Waals surface area contributed by atoms with Crippen molar-refractivity contribution in [3.05, 3.63) is 35.9 Å². The Morgan fingerprint density at radius 3 is 2.53 bits per heavy atom. The molecule has 2 atom stereocenters. The molecule has 5 nitrogen and oxygen atoms in total. The molecule has 0 heterocycles. The Labute approximate surface area is 113 Å². The molecule has 0 saturated carbocycles. The topological polar surface area (TPSA) is 84.9 Å². The fourth-order valence-electron chi connectivity index (χ4n) is 2.06. The molecule has 0 aromatic heterocycles. The molecule has 5 heteroatoms. The highest BCUT2D eigenvalue weighted by Crippen LogP contribution is 2.29. The fourth-order valence-corrected chi connectivity index (χ4v) is 2.06. The molecule has 0 aliphatic heterocycles. The van der Waals surface area contributed by atoms with Gasteiger partial charge in [0.15, 0.2) is 0 Å². The van der Waals surface area contributed by atoms with Crippen LogP contribution in [-0.4, -0.2) is 17.5 Å². The second-order valence-electron chi connectivity index (χ2n) is 4.83. The van der Waals surface area contributed by atoms with Crippen LogP contribution >= 0.6 is 0 Å². The van der Waals surface area contributed by atoms with Gasteiger partial charge in [0.2, 0.25) is 0 Å². The summed E-state index contributed by atoms with van der Waals surface area (Å²) in [6, 6.07) is 9.30. The van der Waals surface area contributed by atoms with Gasteiger partial charge in [0.25, 0.3) is 0 Å². The first-order valence-electron chi connectivity index (χ1n) is 6.23. The van der Waals surface area contributed by atoms with E-state index in [-0.39, 0.29) is 5.92 Å². The van der Waals surface area contributed by atoms with Gasteiger partial charge in [0, 0.05) is 5.92 Å². The van der Waals surface area contributed by atoms with E-state index in [0.29, 0.717) is 5.92 Å². The molecule has 0 aliphatic carbocycles. The number of nitrogens with zero attached hydrogens (tertiary/aromatic N) is 1. The zero-order valence-corrected chi connectivity index (χ0v) is 11.2. The number of hydrogen-bond acceptors (Lipinski definition) is 4. The molecule has 2 unspecified atom stereocenters. The van der Waals surface area contributed by atoms with Crippen LogP contribution in [0, 0.1) is 11.8 Å². The summed E-state index contributed by atoms with van der Waals surface area (Å²) < 4.78 is 5.19. The Hall–Kier alpha value is -2.04. The van der Waals surface area contributed by atoms with Crippen LogP contribution in [0.1, 0.15) is 31.9 Å². The summed E-state index contributed by atoms with van der Waals surface area (Å²) in [5.74, 6) is 0.144. The molecule has 1 amide bonds. The number of carbonyl (C=O) groups is 1. The maximum absolute atomic E-state index is 11.1. The summed E-state index contributed by atoms with van der Waals surface area (Å²) in [4.78, 5) is 11.1. The number of hydrogen-bond donors (Lipinski definition) is 2. The maximum atomic E-state index is 11.1. The largest absolute Gasteiger partial charge is 0.441 e. The molecule has 1 rings (SSSR count). The first-order chi connectivity index (χ1) is 9.04. The monoisotopic (exact) mass is 264 g/mol. The van der Waals surface area contributed by atoms with Crippen molar-refractivity contribution < 1.29 is 14.7 Å². The number of rotatable bonds is 6. The Morgan fingerprint density at radius 2 is 2.05 bits per heavy atom. The number of amides is 1. The van der Waals surface area contributed by atoms with E-state index >= 15 is 0 Å². The number of benzene rings is 1. The van der Waals surface area contributed by atoms with Crippen LogP contribution in [0.2, 0.25) is 0 Å². The average Bonchev–Trinajstić information content (AvgIpc) is 2.36. The number of nitrogens with two attached hydrogens (primary N) is 1. The minimum atomic E-state index is -0.839. The fraction of sp³-hybridized carbons (Fsp3) is 0.429. The van der Waals surface area contributed by atoms with Crippen molar-refractivity contribution in [1.29, 1.82) is 0 Å². The van der Waals surface area contributed by atoms with E-state index in [0.717, 1.165) is 12.0 Å². The highest BCUT2D eigenvalue weighted by molar-refractivity contribution is 5.67. The molecule has 1 aromatic carbocycles. The minimum Gasteiger partial charge on any atom is -0.441 e. The molecule has 0 radical (unpaired) electrons. The van der Waals surface area contributed by atoms with Crippen LogP contribution in [-0.2, 0) is 4.74 Å². The van der Waals surface area contributed by atoms with Crippen molar-refractivity contribution in [2.24, 2.45) is 22.7 Å². The van der Waals surface area contributed by atoms with E-state index in [2.05, 4.69) is 5.16 Å².